The van der Waals surface area contributed by atoms with Crippen LogP contribution in [0.1, 0.15) is 31.2 Å². The van der Waals surface area contributed by atoms with Gasteiger partial charge in [0, 0.05) is 12.5 Å². The molecule has 6 heteroatoms. The Labute approximate surface area is 140 Å². The molecule has 1 aliphatic carbocycles. The molecule has 0 N–H and O–H groups in total. The minimum absolute atomic E-state index is 0.0105. The van der Waals surface area contributed by atoms with E-state index in [4.69, 9.17) is 19.5 Å². The average molecular weight is 329 g/mol. The number of nitriles is 1. The number of ketones is 1. The van der Waals surface area contributed by atoms with Crippen molar-refractivity contribution in [1.82, 2.24) is 0 Å². The number of rotatable bonds is 6. The monoisotopic (exact) mass is 329 g/mol. The highest BCUT2D eigenvalue weighted by Crippen LogP contribution is 2.28. The first-order valence-corrected chi connectivity index (χ1v) is 7.73. The largest absolute Gasteiger partial charge is 0.493 e. The van der Waals surface area contributed by atoms with Gasteiger partial charge in [0.1, 0.15) is 6.07 Å². The molecular weight excluding hydrogens is 310 g/mol. The van der Waals surface area contributed by atoms with Crippen molar-refractivity contribution in [3.8, 4) is 17.6 Å². The lowest BCUT2D eigenvalue weighted by Gasteiger charge is -2.19. The van der Waals surface area contributed by atoms with E-state index < -0.39 is 12.1 Å². The van der Waals surface area contributed by atoms with Gasteiger partial charge < -0.3 is 14.2 Å². The summed E-state index contributed by atoms with van der Waals surface area (Å²) in [5.74, 6) is 0.359. The molecule has 1 aliphatic rings. The van der Waals surface area contributed by atoms with Crippen LogP contribution in [0, 0.1) is 11.3 Å². The molecule has 0 aromatic heterocycles. The molecule has 0 radical (unpaired) electrons. The zero-order valence-corrected chi connectivity index (χ0v) is 13.5. The van der Waals surface area contributed by atoms with Crippen molar-refractivity contribution in [2.45, 2.75) is 31.8 Å². The van der Waals surface area contributed by atoms with Gasteiger partial charge in [-0.1, -0.05) is 6.07 Å². The highest BCUT2D eigenvalue weighted by atomic mass is 16.5. The molecular formula is C18H19NO5. The quantitative estimate of drug-likeness (QED) is 0.589. The van der Waals surface area contributed by atoms with Crippen LogP contribution in [-0.4, -0.2) is 31.6 Å². The second-order valence-electron chi connectivity index (χ2n) is 5.33. The highest BCUT2D eigenvalue weighted by molar-refractivity contribution is 5.91. The lowest BCUT2D eigenvalue weighted by Crippen LogP contribution is -2.29. The third kappa shape index (κ3) is 4.85. The maximum atomic E-state index is 11.8. The molecule has 2 rings (SSSR count). The Hall–Kier alpha value is -2.81. The molecule has 1 fully saturated rings. The van der Waals surface area contributed by atoms with Crippen LogP contribution in [0.3, 0.4) is 0 Å². The molecule has 1 atom stereocenters. The third-order valence-electron chi connectivity index (χ3n) is 3.65. The molecule has 0 spiro atoms. The number of hydrogen-bond acceptors (Lipinski definition) is 6. The summed E-state index contributed by atoms with van der Waals surface area (Å²) in [5, 5.41) is 8.54. The van der Waals surface area contributed by atoms with Crippen LogP contribution in [0.2, 0.25) is 0 Å². The summed E-state index contributed by atoms with van der Waals surface area (Å²) < 4.78 is 15.6. The molecule has 0 bridgehead atoms. The smallest absolute Gasteiger partial charge is 0.331 e. The molecule has 0 amide bonds. The van der Waals surface area contributed by atoms with Crippen LogP contribution in [0.4, 0.5) is 0 Å². The van der Waals surface area contributed by atoms with Gasteiger partial charge >= 0.3 is 5.97 Å². The molecule has 0 saturated heterocycles. The van der Waals surface area contributed by atoms with E-state index in [-0.39, 0.29) is 12.4 Å². The van der Waals surface area contributed by atoms with Crippen LogP contribution in [0.15, 0.2) is 24.3 Å². The van der Waals surface area contributed by atoms with Gasteiger partial charge in [-0.3, -0.25) is 4.79 Å². The second kappa shape index (κ2) is 8.73. The summed E-state index contributed by atoms with van der Waals surface area (Å²) >= 11 is 0. The predicted octanol–water partition coefficient (Wildman–Crippen LogP) is 2.67. The summed E-state index contributed by atoms with van der Waals surface area (Å²) in [6, 6.07) is 6.95. The first-order valence-electron chi connectivity index (χ1n) is 7.73. The number of esters is 1. The van der Waals surface area contributed by atoms with Crippen molar-refractivity contribution in [2.75, 3.05) is 13.7 Å². The van der Waals surface area contributed by atoms with Gasteiger partial charge in [-0.25, -0.2) is 4.79 Å². The average Bonchev–Trinajstić information content (AvgIpc) is 2.60. The van der Waals surface area contributed by atoms with E-state index in [1.165, 1.54) is 13.2 Å². The summed E-state index contributed by atoms with van der Waals surface area (Å²) in [7, 11) is 1.49. The lowest BCUT2D eigenvalue weighted by molar-refractivity contribution is -0.152. The fraction of sp³-hybridized carbons (Fsp3) is 0.389. The van der Waals surface area contributed by atoms with Crippen molar-refractivity contribution < 1.29 is 23.8 Å². The van der Waals surface area contributed by atoms with Crippen molar-refractivity contribution >= 4 is 17.8 Å². The van der Waals surface area contributed by atoms with E-state index in [2.05, 4.69) is 0 Å². The summed E-state index contributed by atoms with van der Waals surface area (Å²) in [6.45, 7) is -0.0761. The summed E-state index contributed by atoms with van der Waals surface area (Å²) in [4.78, 5) is 23.5. The van der Waals surface area contributed by atoms with E-state index in [1.54, 1.807) is 24.3 Å². The van der Waals surface area contributed by atoms with Gasteiger partial charge in [0.05, 0.1) is 7.11 Å². The van der Waals surface area contributed by atoms with Crippen molar-refractivity contribution in [3.05, 3.63) is 29.8 Å². The number of carbonyl (C=O) groups is 2. The topological polar surface area (TPSA) is 85.6 Å². The molecule has 24 heavy (non-hydrogen) atoms. The van der Waals surface area contributed by atoms with Crippen LogP contribution in [0.5, 0.6) is 11.5 Å². The van der Waals surface area contributed by atoms with Gasteiger partial charge in [-0.2, -0.15) is 5.26 Å². The number of carbonyl (C=O) groups excluding carboxylic acids is 2. The van der Waals surface area contributed by atoms with Gasteiger partial charge in [-0.15, -0.1) is 0 Å². The summed E-state index contributed by atoms with van der Waals surface area (Å²) in [5.41, 5.74) is 0.711. The fourth-order valence-corrected chi connectivity index (χ4v) is 2.44. The minimum atomic E-state index is -0.618. The van der Waals surface area contributed by atoms with Crippen molar-refractivity contribution in [2.24, 2.45) is 0 Å². The Morgan fingerprint density at radius 1 is 1.38 bits per heavy atom. The second-order valence-corrected chi connectivity index (χ2v) is 5.33. The van der Waals surface area contributed by atoms with Gasteiger partial charge in [0.15, 0.2) is 30.0 Å². The Balaban J connectivity index is 1.99. The number of methoxy groups -OCH3 is 1. The SMILES string of the molecule is COc1cc(C=CC(=O)OC2CCCCC2=O)ccc1OCC#N. The number of ether oxygens (including phenoxy) is 3. The number of Topliss-reactive ketones (excluding diaryl/α,β-unsaturated/α-hetero) is 1. The fourth-order valence-electron chi connectivity index (χ4n) is 2.44. The molecule has 1 aromatic rings. The van der Waals surface area contributed by atoms with Gasteiger partial charge in [-0.05, 0) is 43.0 Å². The third-order valence-corrected chi connectivity index (χ3v) is 3.65. The lowest BCUT2D eigenvalue weighted by atomic mass is 9.96. The van der Waals surface area contributed by atoms with Crippen LogP contribution < -0.4 is 9.47 Å². The van der Waals surface area contributed by atoms with Crippen molar-refractivity contribution in [1.29, 1.82) is 5.26 Å². The Morgan fingerprint density at radius 3 is 2.92 bits per heavy atom. The van der Waals surface area contributed by atoms with Gasteiger partial charge in [0.25, 0.3) is 0 Å². The Morgan fingerprint density at radius 2 is 2.21 bits per heavy atom. The van der Waals surface area contributed by atoms with E-state index in [1.807, 2.05) is 6.07 Å². The maximum Gasteiger partial charge on any atom is 0.331 e. The van der Waals surface area contributed by atoms with E-state index in [0.29, 0.717) is 29.9 Å². The predicted molar refractivity (Wildman–Crippen MR) is 86.5 cm³/mol. The normalized spacial score (nSPS) is 17.3. The molecule has 6 nitrogen and oxygen atoms in total. The maximum absolute atomic E-state index is 11.8. The number of hydrogen-bond donors (Lipinski definition) is 0. The number of nitrogens with zero attached hydrogens (tertiary/aromatic N) is 1. The highest BCUT2D eigenvalue weighted by Gasteiger charge is 2.24. The van der Waals surface area contributed by atoms with Crippen molar-refractivity contribution in [3.63, 3.8) is 0 Å². The molecule has 1 aromatic carbocycles. The standard InChI is InChI=1S/C18H19NO5/c1-22-17-12-13(6-8-16(17)23-11-10-19)7-9-18(21)24-15-5-3-2-4-14(15)20/h6-9,12,15H,2-5,11H2,1H3. The zero-order chi connectivity index (χ0) is 17.4. The first-order chi connectivity index (χ1) is 11.6. The summed E-state index contributed by atoms with van der Waals surface area (Å²) in [6.07, 6.45) is 5.07. The Bertz CT molecular complexity index is 674. The minimum Gasteiger partial charge on any atom is -0.493 e. The van der Waals surface area contributed by atoms with Crippen LogP contribution in [0.25, 0.3) is 6.08 Å². The molecule has 0 aliphatic heterocycles. The number of benzene rings is 1. The van der Waals surface area contributed by atoms with Crippen LogP contribution in [-0.2, 0) is 14.3 Å². The Kier molecular flexibility index (Phi) is 6.38. The molecule has 1 saturated carbocycles. The molecule has 0 heterocycles. The molecule has 1 unspecified atom stereocenters. The molecule has 126 valence electrons. The van der Waals surface area contributed by atoms with E-state index in [0.717, 1.165) is 12.8 Å². The van der Waals surface area contributed by atoms with E-state index in [9.17, 15) is 9.59 Å². The first kappa shape index (κ1) is 17.5. The zero-order valence-electron chi connectivity index (χ0n) is 13.5. The van der Waals surface area contributed by atoms with Crippen LogP contribution >= 0.6 is 0 Å². The van der Waals surface area contributed by atoms with Gasteiger partial charge in [0.2, 0.25) is 0 Å². The van der Waals surface area contributed by atoms with E-state index >= 15 is 0 Å².